The molecule has 0 spiro atoms. The molecule has 0 aliphatic carbocycles. The van der Waals surface area contributed by atoms with E-state index in [-0.39, 0.29) is 0 Å². The van der Waals surface area contributed by atoms with Crippen molar-refractivity contribution in [1.29, 1.82) is 0 Å². The molecule has 1 fully saturated rings. The van der Waals surface area contributed by atoms with Gasteiger partial charge in [-0.3, -0.25) is 4.90 Å². The molecule has 1 aliphatic heterocycles. The van der Waals surface area contributed by atoms with E-state index in [1.807, 2.05) is 0 Å². The number of nitrogens with two attached hydrogens (primary N) is 1. The summed E-state index contributed by atoms with van der Waals surface area (Å²) in [7, 11) is 0. The number of primary amides is 1. The molecule has 0 radical (unpaired) electrons. The highest BCUT2D eigenvalue weighted by Gasteiger charge is 2.08. The summed E-state index contributed by atoms with van der Waals surface area (Å²) < 4.78 is 0. The van der Waals surface area contributed by atoms with Gasteiger partial charge in [0.25, 0.3) is 0 Å². The average molecular weight is 200 g/mol. The highest BCUT2D eigenvalue weighted by molar-refractivity contribution is 5.71. The number of nitrogens with zero attached hydrogens (tertiary/aromatic N) is 1. The van der Waals surface area contributed by atoms with Crippen LogP contribution in [0.3, 0.4) is 0 Å². The van der Waals surface area contributed by atoms with Crippen LogP contribution in [-0.4, -0.2) is 43.8 Å². The molecule has 0 saturated carbocycles. The van der Waals surface area contributed by atoms with Crippen LogP contribution in [0.25, 0.3) is 0 Å². The molecule has 0 unspecified atom stereocenters. The molecule has 0 aromatic carbocycles. The summed E-state index contributed by atoms with van der Waals surface area (Å²) >= 11 is 0. The molecule has 0 aromatic rings. The van der Waals surface area contributed by atoms with Crippen LogP contribution in [0.2, 0.25) is 0 Å². The van der Waals surface area contributed by atoms with Crippen LogP contribution in [0.5, 0.6) is 0 Å². The molecule has 2 amide bonds. The van der Waals surface area contributed by atoms with Crippen LogP contribution in [0.4, 0.5) is 4.79 Å². The van der Waals surface area contributed by atoms with E-state index in [1.165, 1.54) is 13.0 Å². The molecule has 0 bridgehead atoms. The number of carbonyl (C=O) groups excluding carboxylic acids is 1. The monoisotopic (exact) mass is 200 g/mol. The van der Waals surface area contributed by atoms with Crippen molar-refractivity contribution in [2.75, 3.05) is 32.8 Å². The van der Waals surface area contributed by atoms with Gasteiger partial charge in [-0.25, -0.2) is 4.79 Å². The number of hydrogen-bond acceptors (Lipinski definition) is 3. The van der Waals surface area contributed by atoms with Gasteiger partial charge in [-0.2, -0.15) is 0 Å². The predicted octanol–water partition coefficient (Wildman–Crippen LogP) is -0.312. The molecule has 5 heteroatoms. The third-order valence-electron chi connectivity index (χ3n) is 2.39. The summed E-state index contributed by atoms with van der Waals surface area (Å²) in [5.41, 5.74) is 4.94. The molecule has 0 atom stereocenters. The number of unbranched alkanes of at least 4 members (excludes halogenated alkanes) is 2. The summed E-state index contributed by atoms with van der Waals surface area (Å²) in [6.07, 6.45) is 3.36. The lowest BCUT2D eigenvalue weighted by atomic mass is 10.2. The van der Waals surface area contributed by atoms with Crippen LogP contribution in [0.15, 0.2) is 0 Å². The Morgan fingerprint density at radius 1 is 1.43 bits per heavy atom. The van der Waals surface area contributed by atoms with Gasteiger partial charge in [-0.05, 0) is 19.4 Å². The van der Waals surface area contributed by atoms with Crippen LogP contribution in [-0.2, 0) is 0 Å². The molecular weight excluding hydrogens is 180 g/mol. The molecule has 5 nitrogen and oxygen atoms in total. The minimum Gasteiger partial charge on any atom is -0.352 e. The van der Waals surface area contributed by atoms with Gasteiger partial charge in [-0.15, -0.1) is 0 Å². The first-order chi connectivity index (χ1) is 6.79. The Hall–Kier alpha value is -0.810. The Morgan fingerprint density at radius 2 is 2.29 bits per heavy atom. The SMILES string of the molecule is NC(=O)NCCCCCN1CCNC1. The number of hydrogen-bond donors (Lipinski definition) is 3. The second kappa shape index (κ2) is 6.62. The van der Waals surface area contributed by atoms with Crippen molar-refractivity contribution in [2.24, 2.45) is 5.73 Å². The maximum absolute atomic E-state index is 10.3. The van der Waals surface area contributed by atoms with Gasteiger partial charge >= 0.3 is 6.03 Å². The van der Waals surface area contributed by atoms with Gasteiger partial charge in [0, 0.05) is 26.3 Å². The zero-order chi connectivity index (χ0) is 10.2. The maximum Gasteiger partial charge on any atom is 0.312 e. The van der Waals surface area contributed by atoms with Gasteiger partial charge in [0.15, 0.2) is 0 Å². The lowest BCUT2D eigenvalue weighted by Crippen LogP contribution is -2.30. The largest absolute Gasteiger partial charge is 0.352 e. The van der Waals surface area contributed by atoms with E-state index < -0.39 is 6.03 Å². The number of amides is 2. The van der Waals surface area contributed by atoms with Crippen molar-refractivity contribution < 1.29 is 4.79 Å². The minimum atomic E-state index is -0.422. The molecule has 14 heavy (non-hydrogen) atoms. The van der Waals surface area contributed by atoms with E-state index in [0.29, 0.717) is 6.54 Å². The zero-order valence-electron chi connectivity index (χ0n) is 8.59. The number of rotatable bonds is 6. The molecule has 1 saturated heterocycles. The molecule has 4 N–H and O–H groups in total. The number of urea groups is 1. The molecular formula is C9H20N4O. The summed E-state index contributed by atoms with van der Waals surface area (Å²) in [5.74, 6) is 0. The van der Waals surface area contributed by atoms with Gasteiger partial charge in [0.2, 0.25) is 0 Å². The fourth-order valence-electron chi connectivity index (χ4n) is 1.59. The fourth-order valence-corrected chi connectivity index (χ4v) is 1.59. The first-order valence-electron chi connectivity index (χ1n) is 5.25. The van der Waals surface area contributed by atoms with E-state index in [1.54, 1.807) is 0 Å². The lowest BCUT2D eigenvalue weighted by Gasteiger charge is -2.12. The molecule has 0 aromatic heterocycles. The first kappa shape index (κ1) is 11.3. The predicted molar refractivity (Wildman–Crippen MR) is 55.9 cm³/mol. The van der Waals surface area contributed by atoms with Crippen molar-refractivity contribution in [3.63, 3.8) is 0 Å². The third kappa shape index (κ3) is 5.04. The number of nitrogens with one attached hydrogen (secondary N) is 2. The van der Waals surface area contributed by atoms with Crippen LogP contribution in [0, 0.1) is 0 Å². The highest BCUT2D eigenvalue weighted by Crippen LogP contribution is 1.99. The average Bonchev–Trinajstić information content (AvgIpc) is 2.63. The van der Waals surface area contributed by atoms with E-state index in [4.69, 9.17) is 5.73 Å². The van der Waals surface area contributed by atoms with Gasteiger partial charge in [0.1, 0.15) is 0 Å². The highest BCUT2D eigenvalue weighted by atomic mass is 16.2. The van der Waals surface area contributed by atoms with Crippen LogP contribution < -0.4 is 16.4 Å². The van der Waals surface area contributed by atoms with Crippen LogP contribution >= 0.6 is 0 Å². The zero-order valence-corrected chi connectivity index (χ0v) is 8.59. The van der Waals surface area contributed by atoms with Crippen molar-refractivity contribution in [1.82, 2.24) is 15.5 Å². The smallest absolute Gasteiger partial charge is 0.312 e. The molecule has 1 rings (SSSR count). The Bertz CT molecular complexity index is 168. The fraction of sp³-hybridized carbons (Fsp3) is 0.889. The quantitative estimate of drug-likeness (QED) is 0.515. The Morgan fingerprint density at radius 3 is 2.93 bits per heavy atom. The summed E-state index contributed by atoms with van der Waals surface area (Å²) in [5, 5.41) is 5.88. The van der Waals surface area contributed by atoms with Gasteiger partial charge in [0.05, 0.1) is 0 Å². The molecule has 1 heterocycles. The summed E-state index contributed by atoms with van der Waals surface area (Å²) in [6.45, 7) is 5.17. The van der Waals surface area contributed by atoms with Crippen molar-refractivity contribution in [3.05, 3.63) is 0 Å². The van der Waals surface area contributed by atoms with Crippen molar-refractivity contribution >= 4 is 6.03 Å². The summed E-state index contributed by atoms with van der Waals surface area (Å²) in [4.78, 5) is 12.7. The van der Waals surface area contributed by atoms with Gasteiger partial charge in [-0.1, -0.05) is 6.42 Å². The first-order valence-corrected chi connectivity index (χ1v) is 5.25. The van der Waals surface area contributed by atoms with Crippen molar-refractivity contribution in [3.8, 4) is 0 Å². The minimum absolute atomic E-state index is 0.422. The molecule has 1 aliphatic rings. The topological polar surface area (TPSA) is 70.4 Å². The normalized spacial score (nSPS) is 17.1. The standard InChI is InChI=1S/C9H20N4O/c10-9(14)12-4-2-1-3-6-13-7-5-11-8-13/h11H,1-8H2,(H3,10,12,14). The van der Waals surface area contributed by atoms with E-state index in [2.05, 4.69) is 15.5 Å². The Balaban J connectivity index is 1.82. The second-order valence-electron chi connectivity index (χ2n) is 3.63. The van der Waals surface area contributed by atoms with Crippen molar-refractivity contribution in [2.45, 2.75) is 19.3 Å². The van der Waals surface area contributed by atoms with E-state index in [9.17, 15) is 4.79 Å². The third-order valence-corrected chi connectivity index (χ3v) is 2.39. The van der Waals surface area contributed by atoms with Gasteiger partial charge < -0.3 is 16.4 Å². The van der Waals surface area contributed by atoms with E-state index in [0.717, 1.165) is 32.6 Å². The molecule has 82 valence electrons. The summed E-state index contributed by atoms with van der Waals surface area (Å²) in [6, 6.07) is -0.422. The lowest BCUT2D eigenvalue weighted by molar-refractivity contribution is 0.248. The Kier molecular flexibility index (Phi) is 5.32. The van der Waals surface area contributed by atoms with Crippen LogP contribution in [0.1, 0.15) is 19.3 Å². The Labute approximate surface area is 85.0 Å². The second-order valence-corrected chi connectivity index (χ2v) is 3.63. The van der Waals surface area contributed by atoms with E-state index >= 15 is 0 Å². The maximum atomic E-state index is 10.3. The number of carbonyl (C=O) groups is 1.